The van der Waals surface area contributed by atoms with Gasteiger partial charge in [-0.2, -0.15) is 0 Å². The maximum absolute atomic E-state index is 13.0. The van der Waals surface area contributed by atoms with E-state index in [1.165, 1.54) is 0 Å². The summed E-state index contributed by atoms with van der Waals surface area (Å²) in [5, 5.41) is 1.51. The van der Waals surface area contributed by atoms with Crippen molar-refractivity contribution in [2.45, 2.75) is 37.2 Å². The standard InChI is InChI=1S/C19H25N3O4S/c1-2-26-19(23)22-11-9-15(10-12-22)21-27(24,25)18-8-7-14(13-20)16-5-3-4-6-17(16)18/h3-8,15,21H,2,9-13,20H2,1H3. The summed E-state index contributed by atoms with van der Waals surface area (Å²) < 4.78 is 33.8. The second-order valence-corrected chi connectivity index (χ2v) is 8.24. The number of likely N-dealkylation sites (tertiary alicyclic amines) is 1. The summed E-state index contributed by atoms with van der Waals surface area (Å²) >= 11 is 0. The van der Waals surface area contributed by atoms with Gasteiger partial charge in [-0.3, -0.25) is 0 Å². The number of hydrogen-bond acceptors (Lipinski definition) is 5. The molecule has 1 heterocycles. The first kappa shape index (κ1) is 19.6. The third kappa shape index (κ3) is 4.23. The van der Waals surface area contributed by atoms with Gasteiger partial charge in [0.2, 0.25) is 10.0 Å². The second kappa shape index (κ2) is 8.24. The maximum Gasteiger partial charge on any atom is 0.409 e. The van der Waals surface area contributed by atoms with Gasteiger partial charge in [-0.15, -0.1) is 0 Å². The van der Waals surface area contributed by atoms with Crippen molar-refractivity contribution in [3.05, 3.63) is 42.0 Å². The summed E-state index contributed by atoms with van der Waals surface area (Å²) in [6, 6.07) is 10.5. The van der Waals surface area contributed by atoms with Gasteiger partial charge in [0.25, 0.3) is 0 Å². The number of amides is 1. The molecule has 3 N–H and O–H groups in total. The Bertz CT molecular complexity index is 922. The van der Waals surface area contributed by atoms with Crippen molar-refractivity contribution >= 4 is 26.9 Å². The monoisotopic (exact) mass is 391 g/mol. The number of fused-ring (bicyclic) bond motifs is 1. The lowest BCUT2D eigenvalue weighted by molar-refractivity contribution is 0.0966. The van der Waals surface area contributed by atoms with E-state index in [0.717, 1.165) is 10.9 Å². The first-order valence-corrected chi connectivity index (χ1v) is 10.6. The number of nitrogens with one attached hydrogen (secondary N) is 1. The average Bonchev–Trinajstić information content (AvgIpc) is 2.67. The molecule has 1 aliphatic rings. The van der Waals surface area contributed by atoms with Crippen LogP contribution in [0.3, 0.4) is 0 Å². The van der Waals surface area contributed by atoms with Gasteiger partial charge in [0, 0.05) is 31.1 Å². The van der Waals surface area contributed by atoms with E-state index in [9.17, 15) is 13.2 Å². The Morgan fingerprint density at radius 3 is 2.48 bits per heavy atom. The Morgan fingerprint density at radius 2 is 1.85 bits per heavy atom. The normalized spacial score (nSPS) is 15.9. The van der Waals surface area contributed by atoms with Gasteiger partial charge in [0.15, 0.2) is 0 Å². The number of carbonyl (C=O) groups excluding carboxylic acids is 1. The number of ether oxygens (including phenoxy) is 1. The van der Waals surface area contributed by atoms with Crippen molar-refractivity contribution in [1.82, 2.24) is 9.62 Å². The average molecular weight is 391 g/mol. The van der Waals surface area contributed by atoms with E-state index in [1.54, 1.807) is 30.0 Å². The van der Waals surface area contributed by atoms with E-state index in [0.29, 0.717) is 44.5 Å². The van der Waals surface area contributed by atoms with Crippen LogP contribution in [0.15, 0.2) is 41.3 Å². The van der Waals surface area contributed by atoms with E-state index in [2.05, 4.69) is 4.72 Å². The molecule has 0 radical (unpaired) electrons. The maximum atomic E-state index is 13.0. The van der Waals surface area contributed by atoms with Crippen LogP contribution in [0.1, 0.15) is 25.3 Å². The Morgan fingerprint density at radius 1 is 1.19 bits per heavy atom. The topological polar surface area (TPSA) is 102 Å². The molecule has 0 spiro atoms. The van der Waals surface area contributed by atoms with Crippen LogP contribution in [0.5, 0.6) is 0 Å². The summed E-state index contributed by atoms with van der Waals surface area (Å²) in [5.74, 6) is 0. The molecule has 0 atom stereocenters. The van der Waals surface area contributed by atoms with Crippen LogP contribution >= 0.6 is 0 Å². The van der Waals surface area contributed by atoms with Gasteiger partial charge in [-0.1, -0.05) is 30.3 Å². The number of sulfonamides is 1. The summed E-state index contributed by atoms with van der Waals surface area (Å²) in [7, 11) is -3.68. The third-order valence-electron chi connectivity index (χ3n) is 4.83. The van der Waals surface area contributed by atoms with Gasteiger partial charge >= 0.3 is 6.09 Å². The molecular formula is C19H25N3O4S. The Labute approximate surface area is 159 Å². The SMILES string of the molecule is CCOC(=O)N1CCC(NS(=O)(=O)c2ccc(CN)c3ccccc23)CC1. The molecule has 0 saturated carbocycles. The van der Waals surface area contributed by atoms with Crippen LogP contribution in [0.2, 0.25) is 0 Å². The minimum absolute atomic E-state index is 0.214. The molecule has 27 heavy (non-hydrogen) atoms. The third-order valence-corrected chi connectivity index (χ3v) is 6.41. The van der Waals surface area contributed by atoms with E-state index >= 15 is 0 Å². The molecular weight excluding hydrogens is 366 g/mol. The molecule has 0 unspecified atom stereocenters. The van der Waals surface area contributed by atoms with Gasteiger partial charge < -0.3 is 15.4 Å². The molecule has 0 bridgehead atoms. The molecule has 1 fully saturated rings. The molecule has 1 saturated heterocycles. The fourth-order valence-electron chi connectivity index (χ4n) is 3.42. The van der Waals surface area contributed by atoms with Crippen molar-refractivity contribution in [2.24, 2.45) is 5.73 Å². The molecule has 0 aliphatic carbocycles. The molecule has 3 rings (SSSR count). The molecule has 0 aromatic heterocycles. The lowest BCUT2D eigenvalue weighted by Gasteiger charge is -2.31. The summed E-state index contributed by atoms with van der Waals surface area (Å²) in [4.78, 5) is 13.6. The molecule has 8 heteroatoms. The molecule has 1 aliphatic heterocycles. The Hall–Kier alpha value is -2.16. The number of hydrogen-bond donors (Lipinski definition) is 2. The summed E-state index contributed by atoms with van der Waals surface area (Å²) in [6.45, 7) is 3.38. The quantitative estimate of drug-likeness (QED) is 0.814. The fraction of sp³-hybridized carbons (Fsp3) is 0.421. The van der Waals surface area contributed by atoms with Gasteiger partial charge in [-0.05, 0) is 36.8 Å². The van der Waals surface area contributed by atoms with E-state index in [-0.39, 0.29) is 17.0 Å². The zero-order chi connectivity index (χ0) is 19.4. The predicted octanol–water partition coefficient (Wildman–Crippen LogP) is 2.20. The lowest BCUT2D eigenvalue weighted by atomic mass is 10.0. The van der Waals surface area contributed by atoms with Crippen molar-refractivity contribution < 1.29 is 17.9 Å². The first-order valence-electron chi connectivity index (χ1n) is 9.11. The first-order chi connectivity index (χ1) is 13.0. The summed E-state index contributed by atoms with van der Waals surface area (Å²) in [5.41, 5.74) is 6.69. The highest BCUT2D eigenvalue weighted by Crippen LogP contribution is 2.27. The molecule has 146 valence electrons. The predicted molar refractivity (Wildman–Crippen MR) is 104 cm³/mol. The lowest BCUT2D eigenvalue weighted by Crippen LogP contribution is -2.46. The van der Waals surface area contributed by atoms with Crippen molar-refractivity contribution in [3.63, 3.8) is 0 Å². The van der Waals surface area contributed by atoms with Crippen molar-refractivity contribution in [2.75, 3.05) is 19.7 Å². The number of piperidine rings is 1. The molecule has 2 aromatic carbocycles. The fourth-order valence-corrected chi connectivity index (χ4v) is 4.94. The van der Waals surface area contributed by atoms with Crippen LogP contribution in [0.4, 0.5) is 4.79 Å². The number of benzene rings is 2. The Balaban J connectivity index is 1.77. The molecule has 1 amide bonds. The van der Waals surface area contributed by atoms with Gasteiger partial charge in [0.1, 0.15) is 0 Å². The van der Waals surface area contributed by atoms with Crippen LogP contribution in [0.25, 0.3) is 10.8 Å². The van der Waals surface area contributed by atoms with Crippen LogP contribution in [0, 0.1) is 0 Å². The van der Waals surface area contributed by atoms with Gasteiger partial charge in [-0.25, -0.2) is 17.9 Å². The second-order valence-electron chi connectivity index (χ2n) is 6.55. The largest absolute Gasteiger partial charge is 0.450 e. The van der Waals surface area contributed by atoms with Crippen LogP contribution < -0.4 is 10.5 Å². The highest BCUT2D eigenvalue weighted by molar-refractivity contribution is 7.89. The highest BCUT2D eigenvalue weighted by Gasteiger charge is 2.28. The van der Waals surface area contributed by atoms with Gasteiger partial charge in [0.05, 0.1) is 11.5 Å². The zero-order valence-corrected chi connectivity index (χ0v) is 16.2. The van der Waals surface area contributed by atoms with Crippen molar-refractivity contribution in [3.8, 4) is 0 Å². The minimum Gasteiger partial charge on any atom is -0.450 e. The number of rotatable bonds is 5. The number of nitrogens with zero attached hydrogens (tertiary/aromatic N) is 1. The van der Waals surface area contributed by atoms with E-state index in [4.69, 9.17) is 10.5 Å². The minimum atomic E-state index is -3.68. The summed E-state index contributed by atoms with van der Waals surface area (Å²) in [6.07, 6.45) is 0.760. The van der Waals surface area contributed by atoms with Crippen LogP contribution in [-0.4, -0.2) is 45.1 Å². The highest BCUT2D eigenvalue weighted by atomic mass is 32.2. The number of nitrogens with two attached hydrogens (primary N) is 1. The van der Waals surface area contributed by atoms with E-state index < -0.39 is 10.0 Å². The molecule has 2 aromatic rings. The molecule has 7 nitrogen and oxygen atoms in total. The Kier molecular flexibility index (Phi) is 5.98. The number of carbonyl (C=O) groups is 1. The van der Waals surface area contributed by atoms with Crippen LogP contribution in [-0.2, 0) is 21.3 Å². The smallest absolute Gasteiger partial charge is 0.409 e. The van der Waals surface area contributed by atoms with E-state index in [1.807, 2.05) is 18.2 Å². The zero-order valence-electron chi connectivity index (χ0n) is 15.3. The van der Waals surface area contributed by atoms with Crippen molar-refractivity contribution in [1.29, 1.82) is 0 Å².